The van der Waals surface area contributed by atoms with E-state index in [0.717, 1.165) is 24.0 Å². The van der Waals surface area contributed by atoms with Crippen LogP contribution in [0.5, 0.6) is 0 Å². The molecule has 1 aliphatic heterocycles. The molecular formula is C23H29NO2S. The Hall–Kier alpha value is -1.75. The van der Waals surface area contributed by atoms with E-state index in [2.05, 4.69) is 34.6 Å². The van der Waals surface area contributed by atoms with Crippen molar-refractivity contribution in [3.05, 3.63) is 84.1 Å². The van der Waals surface area contributed by atoms with Gasteiger partial charge in [-0.2, -0.15) is 0 Å². The monoisotopic (exact) mass is 383 g/mol. The van der Waals surface area contributed by atoms with Crippen molar-refractivity contribution in [1.29, 1.82) is 0 Å². The van der Waals surface area contributed by atoms with E-state index in [1.807, 2.05) is 57.2 Å². The van der Waals surface area contributed by atoms with Crippen molar-refractivity contribution in [3.8, 4) is 0 Å². The van der Waals surface area contributed by atoms with Crippen LogP contribution >= 0.6 is 0 Å². The molecule has 0 aliphatic carbocycles. The molecule has 27 heavy (non-hydrogen) atoms. The lowest BCUT2D eigenvalue weighted by Crippen LogP contribution is -2.48. The summed E-state index contributed by atoms with van der Waals surface area (Å²) in [6.45, 7) is 6.72. The molecule has 0 saturated heterocycles. The minimum atomic E-state index is -1.18. The minimum absolute atomic E-state index is 0.0209. The molecule has 0 amide bonds. The third-order valence-electron chi connectivity index (χ3n) is 4.69. The highest BCUT2D eigenvalue weighted by atomic mass is 32.2. The van der Waals surface area contributed by atoms with E-state index < -0.39 is 11.4 Å². The summed E-state index contributed by atoms with van der Waals surface area (Å²) in [5.74, 6) is 0. The summed E-state index contributed by atoms with van der Waals surface area (Å²) in [7, 11) is 0. The average Bonchev–Trinajstić information content (AvgIpc) is 2.69. The van der Waals surface area contributed by atoms with Gasteiger partial charge in [-0.15, -0.1) is 4.31 Å². The van der Waals surface area contributed by atoms with Gasteiger partial charge in [-0.1, -0.05) is 60.7 Å². The molecule has 1 heterocycles. The zero-order valence-electron chi connectivity index (χ0n) is 16.4. The van der Waals surface area contributed by atoms with Crippen molar-refractivity contribution in [2.45, 2.75) is 57.1 Å². The maximum Gasteiger partial charge on any atom is 0.137 e. The number of benzene rings is 2. The van der Waals surface area contributed by atoms with Crippen molar-refractivity contribution in [2.75, 3.05) is 0 Å². The SMILES string of the molecule is CC(C)(C)[S@@+]([O-])N(Cc1ccccc1)[C@H](c1ccccc1)[C@@H]1CCC=CO1. The fraction of sp³-hybridized carbons (Fsp3) is 0.391. The molecule has 0 bridgehead atoms. The zero-order valence-corrected chi connectivity index (χ0v) is 17.2. The lowest BCUT2D eigenvalue weighted by molar-refractivity contribution is 0.0529. The van der Waals surface area contributed by atoms with Crippen molar-refractivity contribution in [2.24, 2.45) is 0 Å². The number of hydrogen-bond donors (Lipinski definition) is 0. The average molecular weight is 384 g/mol. The van der Waals surface area contributed by atoms with Crippen molar-refractivity contribution < 1.29 is 9.29 Å². The van der Waals surface area contributed by atoms with Crippen LogP contribution in [0.1, 0.15) is 50.8 Å². The Morgan fingerprint density at radius 3 is 2.26 bits per heavy atom. The van der Waals surface area contributed by atoms with Crippen LogP contribution in [0.25, 0.3) is 0 Å². The fourth-order valence-corrected chi connectivity index (χ4v) is 4.81. The maximum atomic E-state index is 13.6. The first-order valence-corrected chi connectivity index (χ1v) is 10.7. The minimum Gasteiger partial charge on any atom is -0.597 e. The lowest BCUT2D eigenvalue weighted by Gasteiger charge is -2.40. The van der Waals surface area contributed by atoms with Gasteiger partial charge in [0.2, 0.25) is 0 Å². The topological polar surface area (TPSA) is 35.5 Å². The molecule has 0 fully saturated rings. The first-order valence-electron chi connectivity index (χ1n) is 9.55. The Labute approximate surface area is 166 Å². The molecule has 0 N–H and O–H groups in total. The molecular weight excluding hydrogens is 354 g/mol. The van der Waals surface area contributed by atoms with Crippen LogP contribution in [0.15, 0.2) is 73.0 Å². The Morgan fingerprint density at radius 1 is 1.07 bits per heavy atom. The molecule has 3 rings (SSSR count). The highest BCUT2D eigenvalue weighted by Crippen LogP contribution is 2.37. The van der Waals surface area contributed by atoms with Gasteiger partial charge in [0.05, 0.1) is 12.8 Å². The Bertz CT molecular complexity index is 727. The van der Waals surface area contributed by atoms with Gasteiger partial charge in [0.1, 0.15) is 16.9 Å². The Balaban J connectivity index is 2.01. The predicted molar refractivity (Wildman–Crippen MR) is 112 cm³/mol. The summed E-state index contributed by atoms with van der Waals surface area (Å²) in [5, 5.41) is 0. The van der Waals surface area contributed by atoms with Crippen LogP contribution in [0.4, 0.5) is 0 Å². The number of ether oxygens (including phenoxy) is 1. The van der Waals surface area contributed by atoms with E-state index in [9.17, 15) is 4.55 Å². The second-order valence-electron chi connectivity index (χ2n) is 7.90. The van der Waals surface area contributed by atoms with Crippen LogP contribution < -0.4 is 0 Å². The van der Waals surface area contributed by atoms with Crippen molar-refractivity contribution in [1.82, 2.24) is 4.31 Å². The highest BCUT2D eigenvalue weighted by molar-refractivity contribution is 7.90. The number of hydrogen-bond acceptors (Lipinski definition) is 3. The second-order valence-corrected chi connectivity index (χ2v) is 10.1. The van der Waals surface area contributed by atoms with E-state index in [-0.39, 0.29) is 16.9 Å². The quantitative estimate of drug-likeness (QED) is 0.628. The summed E-state index contributed by atoms with van der Waals surface area (Å²) >= 11 is -1.18. The van der Waals surface area contributed by atoms with Gasteiger partial charge in [0, 0.05) is 11.4 Å². The molecule has 0 saturated carbocycles. The van der Waals surface area contributed by atoms with E-state index in [0.29, 0.717) is 6.54 Å². The van der Waals surface area contributed by atoms with E-state index in [1.165, 1.54) is 0 Å². The van der Waals surface area contributed by atoms with E-state index in [4.69, 9.17) is 4.74 Å². The third-order valence-corrected chi connectivity index (χ3v) is 6.52. The third kappa shape index (κ3) is 5.16. The second kappa shape index (κ2) is 8.96. The van der Waals surface area contributed by atoms with Crippen LogP contribution in [-0.4, -0.2) is 19.7 Å². The Kier molecular flexibility index (Phi) is 6.64. The Morgan fingerprint density at radius 2 is 1.70 bits per heavy atom. The normalized spacial score (nSPS) is 19.5. The van der Waals surface area contributed by atoms with E-state index in [1.54, 1.807) is 6.26 Å². The fourth-order valence-electron chi connectivity index (χ4n) is 3.38. The molecule has 144 valence electrons. The van der Waals surface area contributed by atoms with Gasteiger partial charge in [0.15, 0.2) is 0 Å². The van der Waals surface area contributed by atoms with Crippen LogP contribution in [0.2, 0.25) is 0 Å². The standard InChI is InChI=1S/C23H29NO2S/c1-23(2,3)27(25)24(18-19-12-6-4-7-13-19)22(20-14-8-5-9-15-20)21-16-10-11-17-26-21/h4-9,11-15,17,21-22H,10,16,18H2,1-3H3/t21-,22+,27+/m0/s1. The number of nitrogens with zero attached hydrogens (tertiary/aromatic N) is 1. The molecule has 4 heteroatoms. The summed E-state index contributed by atoms with van der Waals surface area (Å²) in [6, 6.07) is 20.5. The molecule has 2 aromatic carbocycles. The van der Waals surface area contributed by atoms with Crippen LogP contribution in [0.3, 0.4) is 0 Å². The van der Waals surface area contributed by atoms with Crippen LogP contribution in [-0.2, 0) is 22.6 Å². The summed E-state index contributed by atoms with van der Waals surface area (Å²) in [6.07, 6.45) is 5.73. The number of rotatable bonds is 6. The summed E-state index contributed by atoms with van der Waals surface area (Å²) in [4.78, 5) is 0. The van der Waals surface area contributed by atoms with Gasteiger partial charge in [-0.05, 0) is 50.8 Å². The van der Waals surface area contributed by atoms with Gasteiger partial charge in [-0.25, -0.2) is 0 Å². The molecule has 0 unspecified atom stereocenters. The first kappa shape index (κ1) is 20.0. The van der Waals surface area contributed by atoms with Crippen molar-refractivity contribution >= 4 is 11.4 Å². The zero-order chi connectivity index (χ0) is 19.3. The predicted octanol–water partition coefficient (Wildman–Crippen LogP) is 5.38. The van der Waals surface area contributed by atoms with E-state index >= 15 is 0 Å². The molecule has 0 radical (unpaired) electrons. The molecule has 3 atom stereocenters. The van der Waals surface area contributed by atoms with Crippen LogP contribution in [0, 0.1) is 0 Å². The highest BCUT2D eigenvalue weighted by Gasteiger charge is 2.42. The van der Waals surface area contributed by atoms with Gasteiger partial charge < -0.3 is 9.29 Å². The van der Waals surface area contributed by atoms with Crippen molar-refractivity contribution in [3.63, 3.8) is 0 Å². The largest absolute Gasteiger partial charge is 0.597 e. The molecule has 0 spiro atoms. The molecule has 3 nitrogen and oxygen atoms in total. The summed E-state index contributed by atoms with van der Waals surface area (Å²) in [5.41, 5.74) is 2.30. The molecule has 1 aliphatic rings. The maximum absolute atomic E-state index is 13.6. The molecule has 0 aromatic heterocycles. The van der Waals surface area contributed by atoms with Gasteiger partial charge in [0.25, 0.3) is 0 Å². The first-order chi connectivity index (χ1) is 13.0. The lowest BCUT2D eigenvalue weighted by atomic mass is 9.96. The molecule has 2 aromatic rings. The van der Waals surface area contributed by atoms with Gasteiger partial charge in [-0.3, -0.25) is 0 Å². The number of allylic oxidation sites excluding steroid dienone is 1. The van der Waals surface area contributed by atoms with Gasteiger partial charge >= 0.3 is 0 Å². The summed E-state index contributed by atoms with van der Waals surface area (Å²) < 4.78 is 21.4. The smallest absolute Gasteiger partial charge is 0.137 e.